The molecule has 2 aromatic rings. The minimum Gasteiger partial charge on any atom is -0.462 e. The Morgan fingerprint density at radius 3 is 2.83 bits per heavy atom. The Bertz CT molecular complexity index is 534. The van der Waals surface area contributed by atoms with Crippen LogP contribution < -0.4 is 0 Å². The SMILES string of the molecule is CCOC(=O)c1cnn(-c2cccnc2)c1CC. The fourth-order valence-electron chi connectivity index (χ4n) is 1.79. The summed E-state index contributed by atoms with van der Waals surface area (Å²) in [5, 5.41) is 4.24. The summed E-state index contributed by atoms with van der Waals surface area (Å²) in [7, 11) is 0. The summed E-state index contributed by atoms with van der Waals surface area (Å²) in [4.78, 5) is 15.8. The second-order valence-electron chi connectivity index (χ2n) is 3.70. The normalized spacial score (nSPS) is 10.3. The molecule has 0 aromatic carbocycles. The van der Waals surface area contributed by atoms with Gasteiger partial charge in [0, 0.05) is 6.20 Å². The minimum atomic E-state index is -0.329. The van der Waals surface area contributed by atoms with Gasteiger partial charge in [-0.2, -0.15) is 5.10 Å². The molecule has 2 aromatic heterocycles. The van der Waals surface area contributed by atoms with Gasteiger partial charge in [-0.1, -0.05) is 6.92 Å². The Hall–Kier alpha value is -2.17. The molecule has 0 fully saturated rings. The molecule has 0 aliphatic rings. The summed E-state index contributed by atoms with van der Waals surface area (Å²) in [6.07, 6.45) is 5.65. The smallest absolute Gasteiger partial charge is 0.341 e. The quantitative estimate of drug-likeness (QED) is 0.773. The number of carbonyl (C=O) groups excluding carboxylic acids is 1. The molecule has 0 atom stereocenters. The lowest BCUT2D eigenvalue weighted by Gasteiger charge is -2.06. The van der Waals surface area contributed by atoms with Gasteiger partial charge in [-0.3, -0.25) is 4.98 Å². The molecule has 2 heterocycles. The maximum Gasteiger partial charge on any atom is 0.341 e. The third-order valence-corrected chi connectivity index (χ3v) is 2.59. The monoisotopic (exact) mass is 245 g/mol. The second-order valence-corrected chi connectivity index (χ2v) is 3.70. The third kappa shape index (κ3) is 2.25. The van der Waals surface area contributed by atoms with Crippen LogP contribution in [0.2, 0.25) is 0 Å². The molecule has 0 spiro atoms. The van der Waals surface area contributed by atoms with E-state index in [2.05, 4.69) is 10.1 Å². The van der Waals surface area contributed by atoms with Crippen LogP contribution in [0.5, 0.6) is 0 Å². The van der Waals surface area contributed by atoms with Gasteiger partial charge in [0.25, 0.3) is 0 Å². The zero-order chi connectivity index (χ0) is 13.0. The number of carbonyl (C=O) groups is 1. The first-order chi connectivity index (χ1) is 8.77. The van der Waals surface area contributed by atoms with Crippen molar-refractivity contribution in [2.75, 3.05) is 6.61 Å². The van der Waals surface area contributed by atoms with Gasteiger partial charge in [0.2, 0.25) is 0 Å². The van der Waals surface area contributed by atoms with Crippen molar-refractivity contribution in [1.29, 1.82) is 0 Å². The lowest BCUT2D eigenvalue weighted by molar-refractivity contribution is 0.0525. The zero-order valence-corrected chi connectivity index (χ0v) is 10.5. The van der Waals surface area contributed by atoms with E-state index in [0.717, 1.165) is 11.4 Å². The Morgan fingerprint density at radius 1 is 1.39 bits per heavy atom. The van der Waals surface area contributed by atoms with Crippen molar-refractivity contribution in [1.82, 2.24) is 14.8 Å². The van der Waals surface area contributed by atoms with E-state index in [4.69, 9.17) is 4.74 Å². The van der Waals surface area contributed by atoms with Crippen LogP contribution in [0.25, 0.3) is 5.69 Å². The van der Waals surface area contributed by atoms with Crippen molar-refractivity contribution in [3.63, 3.8) is 0 Å². The van der Waals surface area contributed by atoms with Gasteiger partial charge in [-0.15, -0.1) is 0 Å². The second kappa shape index (κ2) is 5.44. The van der Waals surface area contributed by atoms with Gasteiger partial charge in [0.1, 0.15) is 5.56 Å². The van der Waals surface area contributed by atoms with Gasteiger partial charge in [0.15, 0.2) is 0 Å². The highest BCUT2D eigenvalue weighted by Crippen LogP contribution is 2.15. The molecule has 5 nitrogen and oxygen atoms in total. The summed E-state index contributed by atoms with van der Waals surface area (Å²) in [5.41, 5.74) is 2.19. The Kier molecular flexibility index (Phi) is 3.72. The summed E-state index contributed by atoms with van der Waals surface area (Å²) >= 11 is 0. The first-order valence-corrected chi connectivity index (χ1v) is 5.92. The van der Waals surface area contributed by atoms with Crippen molar-refractivity contribution >= 4 is 5.97 Å². The lowest BCUT2D eigenvalue weighted by Crippen LogP contribution is -2.09. The molecular formula is C13H15N3O2. The molecule has 18 heavy (non-hydrogen) atoms. The minimum absolute atomic E-state index is 0.329. The van der Waals surface area contributed by atoms with E-state index in [1.807, 2.05) is 19.1 Å². The van der Waals surface area contributed by atoms with Crippen molar-refractivity contribution in [2.45, 2.75) is 20.3 Å². The van der Waals surface area contributed by atoms with Crippen molar-refractivity contribution in [3.05, 3.63) is 42.0 Å². The summed E-state index contributed by atoms with van der Waals surface area (Å²) < 4.78 is 6.73. The first kappa shape index (κ1) is 12.3. The standard InChI is InChI=1S/C13H15N3O2/c1-3-12-11(13(17)18-4-2)9-15-16(12)10-6-5-7-14-8-10/h5-9H,3-4H2,1-2H3. The maximum atomic E-state index is 11.8. The topological polar surface area (TPSA) is 57.0 Å². The molecule has 0 saturated carbocycles. The highest BCUT2D eigenvalue weighted by Gasteiger charge is 2.17. The van der Waals surface area contributed by atoms with Crippen LogP contribution in [0.3, 0.4) is 0 Å². The van der Waals surface area contributed by atoms with E-state index < -0.39 is 0 Å². The summed E-state index contributed by atoms with van der Waals surface area (Å²) in [6.45, 7) is 4.13. The molecule has 0 radical (unpaired) electrons. The third-order valence-electron chi connectivity index (χ3n) is 2.59. The molecular weight excluding hydrogens is 230 g/mol. The van der Waals surface area contributed by atoms with Gasteiger partial charge >= 0.3 is 5.97 Å². The van der Waals surface area contributed by atoms with E-state index in [1.165, 1.54) is 0 Å². The predicted octanol–water partition coefficient (Wildman–Crippen LogP) is 2.01. The van der Waals surface area contributed by atoms with E-state index in [9.17, 15) is 4.79 Å². The predicted molar refractivity (Wildman–Crippen MR) is 66.7 cm³/mol. The number of nitrogens with zero attached hydrogens (tertiary/aromatic N) is 3. The van der Waals surface area contributed by atoms with Crippen LogP contribution in [0.15, 0.2) is 30.7 Å². The van der Waals surface area contributed by atoms with E-state index in [1.54, 1.807) is 30.2 Å². The molecule has 0 amide bonds. The molecule has 0 saturated heterocycles. The largest absolute Gasteiger partial charge is 0.462 e. The van der Waals surface area contributed by atoms with Crippen molar-refractivity contribution < 1.29 is 9.53 Å². The number of aromatic nitrogens is 3. The van der Waals surface area contributed by atoms with Crippen LogP contribution in [-0.4, -0.2) is 27.3 Å². The fourth-order valence-corrected chi connectivity index (χ4v) is 1.79. The van der Waals surface area contributed by atoms with Gasteiger partial charge < -0.3 is 4.74 Å². The maximum absolute atomic E-state index is 11.8. The van der Waals surface area contributed by atoms with Crippen molar-refractivity contribution in [3.8, 4) is 5.69 Å². The number of ether oxygens (including phenoxy) is 1. The fraction of sp³-hybridized carbons (Fsp3) is 0.308. The average molecular weight is 245 g/mol. The Labute approximate surface area is 105 Å². The number of rotatable bonds is 4. The molecule has 5 heteroatoms. The molecule has 0 bridgehead atoms. The van der Waals surface area contributed by atoms with Crippen LogP contribution in [-0.2, 0) is 11.2 Å². The van der Waals surface area contributed by atoms with Gasteiger partial charge in [-0.05, 0) is 25.5 Å². The van der Waals surface area contributed by atoms with Gasteiger partial charge in [-0.25, -0.2) is 9.48 Å². The lowest BCUT2D eigenvalue weighted by atomic mass is 10.2. The van der Waals surface area contributed by atoms with Crippen LogP contribution in [0.4, 0.5) is 0 Å². The van der Waals surface area contributed by atoms with E-state index >= 15 is 0 Å². The number of hydrogen-bond acceptors (Lipinski definition) is 4. The van der Waals surface area contributed by atoms with Crippen LogP contribution >= 0.6 is 0 Å². The molecule has 0 aliphatic heterocycles. The molecule has 0 N–H and O–H groups in total. The van der Waals surface area contributed by atoms with E-state index in [-0.39, 0.29) is 5.97 Å². The molecule has 0 unspecified atom stereocenters. The highest BCUT2D eigenvalue weighted by molar-refractivity contribution is 5.90. The number of pyridine rings is 1. The Morgan fingerprint density at radius 2 is 2.22 bits per heavy atom. The van der Waals surface area contributed by atoms with E-state index in [0.29, 0.717) is 18.6 Å². The van der Waals surface area contributed by atoms with Crippen molar-refractivity contribution in [2.24, 2.45) is 0 Å². The average Bonchev–Trinajstić information content (AvgIpc) is 2.83. The molecule has 0 aliphatic carbocycles. The van der Waals surface area contributed by atoms with Crippen LogP contribution in [0, 0.1) is 0 Å². The highest BCUT2D eigenvalue weighted by atomic mass is 16.5. The summed E-state index contributed by atoms with van der Waals surface area (Å²) in [6, 6.07) is 3.73. The summed E-state index contributed by atoms with van der Waals surface area (Å²) in [5.74, 6) is -0.329. The number of hydrogen-bond donors (Lipinski definition) is 0. The first-order valence-electron chi connectivity index (χ1n) is 5.92. The molecule has 94 valence electrons. The van der Waals surface area contributed by atoms with Crippen LogP contribution in [0.1, 0.15) is 29.9 Å². The Balaban J connectivity index is 2.42. The zero-order valence-electron chi connectivity index (χ0n) is 10.5. The number of esters is 1. The van der Waals surface area contributed by atoms with Gasteiger partial charge in [0.05, 0.1) is 30.4 Å². The molecule has 2 rings (SSSR count).